The molecule has 0 aliphatic heterocycles. The molecule has 484 valence electrons. The van der Waals surface area contributed by atoms with Crippen molar-refractivity contribution in [1.82, 2.24) is 45.9 Å². The summed E-state index contributed by atoms with van der Waals surface area (Å²) in [6, 6.07) is 12.3. The van der Waals surface area contributed by atoms with Crippen LogP contribution < -0.4 is 44.0 Å². The molecule has 7 atom stereocenters. The average molecular weight is 1290 g/mol. The molecule has 2 aromatic carbocycles. The predicted molar refractivity (Wildman–Crippen MR) is 344 cm³/mol. The van der Waals surface area contributed by atoms with E-state index >= 15 is 0 Å². The second-order valence-electron chi connectivity index (χ2n) is 22.1. The number of carbonyl (C=O) groups excluding carboxylic acids is 7. The molecular formula is C60H75BN14O14S2. The second kappa shape index (κ2) is 36.4. The van der Waals surface area contributed by atoms with Crippen LogP contribution in [0, 0.1) is 29.6 Å². The van der Waals surface area contributed by atoms with Crippen molar-refractivity contribution >= 4 is 122 Å². The predicted octanol–water partition coefficient (Wildman–Crippen LogP) is 3.14. The van der Waals surface area contributed by atoms with Crippen LogP contribution in [0.4, 0.5) is 11.6 Å². The topological polar surface area (TPSA) is 467 Å². The number of carbonyl (C=O) groups is 10. The number of fused-ring (bicyclic) bond motifs is 1. The molecular weight excluding hydrogens is 1220 g/mol. The summed E-state index contributed by atoms with van der Waals surface area (Å²) in [4.78, 5) is 171. The van der Waals surface area contributed by atoms with Gasteiger partial charge in [-0.25, -0.2) is 19.6 Å². The Hall–Kier alpha value is -9.26. The number of aliphatic imine (C=N–C) groups is 1. The van der Waals surface area contributed by atoms with Gasteiger partial charge in [0.15, 0.2) is 17.1 Å². The van der Waals surface area contributed by atoms with E-state index in [0.717, 1.165) is 27.2 Å². The molecule has 3 aromatic heterocycles. The van der Waals surface area contributed by atoms with Crippen LogP contribution in [-0.4, -0.2) is 154 Å². The van der Waals surface area contributed by atoms with Gasteiger partial charge < -0.3 is 48.5 Å². The third-order valence-electron chi connectivity index (χ3n) is 14.2. The number of aliphatic carboxylic acids is 3. The van der Waals surface area contributed by atoms with Crippen molar-refractivity contribution in [2.24, 2.45) is 46.0 Å². The van der Waals surface area contributed by atoms with Crippen molar-refractivity contribution in [3.8, 4) is 0 Å². The Kier molecular flexibility index (Phi) is 29.0. The zero-order chi connectivity index (χ0) is 66.7. The van der Waals surface area contributed by atoms with Crippen molar-refractivity contribution in [2.75, 3.05) is 23.3 Å². The van der Waals surface area contributed by atoms with Crippen molar-refractivity contribution < 1.29 is 63.3 Å². The standard InChI is InChI=1S/C60H75BN14O14S2/c1-32(2)19-49(61-4)73-55(84)37(21-34-9-6-5-7-10-34)24-48(79)44-29-67-41(28-68-44)30-90-91-31-45(58(88)89)72-54(83)38(25-50(80)81)23-47(78)36(11-8-18-65-59(62)63)22-46(77)33(3)20-42(76)16-17-43(57(86)87)71-53(82)35-12-14-39(15-13-35)66-26-40-27-69-52-51(70-40)56(85)75-60(64)74-52/h5-7,9-10,12-15,27-29,32-33,36-38,43,45,49,66H,4,8,11,16-26,30-31H2,1-3H3,(H,71,82)(H,72,83)(H,73,84)(H,80,81)(H,86,87)(H,88,89)(H4,62,63,65)(H3,64,69,74,75,85)/t33-,36-,37-,38+,43+,45+,49+/m1/s1. The number of hydrogen-bond donors (Lipinski definition) is 11. The number of carboxylic acid groups (broad SMARTS) is 3. The number of ketones is 4. The number of amides is 3. The summed E-state index contributed by atoms with van der Waals surface area (Å²) in [5.74, 6) is -13.3. The summed E-state index contributed by atoms with van der Waals surface area (Å²) in [6.07, 6.45) is 2.07. The summed E-state index contributed by atoms with van der Waals surface area (Å²) in [5.41, 5.74) is 18.4. The number of Topliss-reactive ketones (excluding diaryl/α,β-unsaturated/α-hetero) is 4. The van der Waals surface area contributed by atoms with Crippen LogP contribution in [0.2, 0.25) is 0 Å². The molecule has 0 aliphatic rings. The number of nitrogens with one attached hydrogen (secondary N) is 5. The number of H-pyrrole nitrogens is 1. The third-order valence-corrected chi connectivity index (χ3v) is 16.6. The van der Waals surface area contributed by atoms with E-state index in [1.807, 2.05) is 44.2 Å². The van der Waals surface area contributed by atoms with Gasteiger partial charge >= 0.3 is 195 Å². The Labute approximate surface area is 532 Å². The fourth-order valence-electron chi connectivity index (χ4n) is 9.36. The number of anilines is 2. The molecule has 91 heavy (non-hydrogen) atoms. The summed E-state index contributed by atoms with van der Waals surface area (Å²) in [7, 11) is 2.21. The summed E-state index contributed by atoms with van der Waals surface area (Å²) in [6.45, 7) is 11.2. The van der Waals surface area contributed by atoms with Gasteiger partial charge in [-0.05, 0) is 43.5 Å². The third kappa shape index (κ3) is 24.9. The average Bonchev–Trinajstić information content (AvgIpc) is 1.03. The normalized spacial score (nSPS) is 13.4. The minimum absolute atomic E-state index is 0.000496. The first-order chi connectivity index (χ1) is 43.3. The molecule has 0 radical (unpaired) electrons. The Morgan fingerprint density at radius 2 is 1.41 bits per heavy atom. The monoisotopic (exact) mass is 1290 g/mol. The van der Waals surface area contributed by atoms with Crippen LogP contribution in [0.15, 0.2) is 83.0 Å². The van der Waals surface area contributed by atoms with E-state index in [0.29, 0.717) is 35.8 Å². The molecule has 0 spiro atoms. The first-order valence-electron chi connectivity index (χ1n) is 29.1. The van der Waals surface area contributed by atoms with E-state index in [1.165, 1.54) is 37.6 Å². The summed E-state index contributed by atoms with van der Waals surface area (Å²) in [5, 5.41) is 40.6. The molecule has 0 unspecified atom stereocenters. The van der Waals surface area contributed by atoms with Crippen LogP contribution in [0.5, 0.6) is 0 Å². The first kappa shape index (κ1) is 72.5. The number of nitrogens with zero attached hydrogens (tertiary/aromatic N) is 6. The minimum atomic E-state index is -1.57. The molecule has 5 rings (SSSR count). The zero-order valence-corrected chi connectivity index (χ0v) is 52.1. The van der Waals surface area contributed by atoms with E-state index in [1.54, 1.807) is 19.1 Å². The van der Waals surface area contributed by atoms with E-state index in [2.05, 4.69) is 62.6 Å². The van der Waals surface area contributed by atoms with E-state index in [-0.39, 0.29) is 109 Å². The second-order valence-corrected chi connectivity index (χ2v) is 24.6. The van der Waals surface area contributed by atoms with Crippen molar-refractivity contribution in [2.45, 2.75) is 122 Å². The Bertz CT molecular complexity index is 3490. The van der Waals surface area contributed by atoms with Gasteiger partial charge in [0.2, 0.25) is 11.9 Å². The molecule has 0 saturated heterocycles. The molecule has 3 amide bonds. The number of carboxylic acids is 3. The zero-order valence-electron chi connectivity index (χ0n) is 50.5. The summed E-state index contributed by atoms with van der Waals surface area (Å²) < 4.78 is 0. The molecule has 31 heteroatoms. The Balaban J connectivity index is 1.11. The van der Waals surface area contributed by atoms with Gasteiger partial charge in [-0.15, -0.1) is 0 Å². The van der Waals surface area contributed by atoms with Crippen LogP contribution in [-0.2, 0) is 57.1 Å². The van der Waals surface area contributed by atoms with E-state index in [4.69, 9.17) is 17.2 Å². The van der Waals surface area contributed by atoms with Crippen LogP contribution in [0.1, 0.15) is 123 Å². The summed E-state index contributed by atoms with van der Waals surface area (Å²) >= 11 is 0. The SMILES string of the molecule is C=B[C@H](CC(C)C)NC(=O)[C@@H](CC(=O)c1cnc(CSSC[C@H](NC(=O)[C@H](CC(=O)O)CC(=O)[C@H](CCCN=C(N)N)CC(=O)[C@H](C)CC(=O)CC[C@H](NC(=O)c2ccc(NCc3cnc4nc(N)[nH]c(=O)c4n3)cc2)C(=O)O)C(=O)O)cn1)Cc1ccccc1. The fourth-order valence-corrected chi connectivity index (χ4v) is 11.5. The molecule has 28 nitrogen and oxygen atoms in total. The number of benzene rings is 2. The number of nitrogen functional groups attached to an aromatic ring is 1. The number of aromatic nitrogens is 6. The van der Waals surface area contributed by atoms with Crippen LogP contribution in [0.3, 0.4) is 0 Å². The van der Waals surface area contributed by atoms with Gasteiger partial charge in [-0.3, -0.25) is 43.5 Å². The van der Waals surface area contributed by atoms with Crippen LogP contribution >= 0.6 is 21.6 Å². The Morgan fingerprint density at radius 3 is 2.04 bits per heavy atom. The van der Waals surface area contributed by atoms with Crippen LogP contribution in [0.25, 0.3) is 11.2 Å². The Morgan fingerprint density at radius 1 is 0.725 bits per heavy atom. The van der Waals surface area contributed by atoms with Crippen molar-refractivity contribution in [3.05, 3.63) is 112 Å². The molecule has 5 aromatic rings. The molecule has 0 aliphatic carbocycles. The number of aromatic amines is 1. The molecule has 0 bridgehead atoms. The molecule has 3 heterocycles. The quantitative estimate of drug-likeness (QED) is 0.00668. The number of guanidine groups is 1. The molecule has 14 N–H and O–H groups in total. The fraction of sp³-hybridized carbons (Fsp3) is 0.433. The molecule has 0 fully saturated rings. The van der Waals surface area contributed by atoms with E-state index in [9.17, 15) is 68.1 Å². The van der Waals surface area contributed by atoms with Gasteiger partial charge in [0, 0.05) is 61.1 Å². The number of rotatable bonds is 41. The van der Waals surface area contributed by atoms with E-state index < -0.39 is 113 Å². The first-order valence-corrected chi connectivity index (χ1v) is 31.6. The van der Waals surface area contributed by atoms with Gasteiger partial charge in [0.05, 0.1) is 30.8 Å². The molecule has 0 saturated carbocycles. The van der Waals surface area contributed by atoms with Gasteiger partial charge in [0.25, 0.3) is 11.5 Å². The maximum atomic E-state index is 14.0. The number of nitrogens with two attached hydrogens (primary N) is 3. The van der Waals surface area contributed by atoms with Gasteiger partial charge in [-0.2, -0.15) is 4.98 Å². The van der Waals surface area contributed by atoms with Crippen molar-refractivity contribution in [1.29, 1.82) is 0 Å². The van der Waals surface area contributed by atoms with Crippen molar-refractivity contribution in [3.63, 3.8) is 0 Å². The number of hydrogen-bond acceptors (Lipinski definition) is 21. The van der Waals surface area contributed by atoms with Gasteiger partial charge in [-0.1, -0.05) is 17.7 Å². The maximum absolute atomic E-state index is 14.0. The van der Waals surface area contributed by atoms with Gasteiger partial charge in [0.1, 0.15) is 29.4 Å².